The highest BCUT2D eigenvalue weighted by atomic mass is 32.2. The molecule has 0 aromatic heterocycles. The highest BCUT2D eigenvalue weighted by molar-refractivity contribution is 8.00. The van der Waals surface area contributed by atoms with Crippen LogP contribution in [0.25, 0.3) is 0 Å². The summed E-state index contributed by atoms with van der Waals surface area (Å²) in [4.78, 5) is 36.9. The van der Waals surface area contributed by atoms with Crippen LogP contribution < -0.4 is 10.6 Å². The summed E-state index contributed by atoms with van der Waals surface area (Å²) in [6.45, 7) is 0. The summed E-state index contributed by atoms with van der Waals surface area (Å²) < 4.78 is 0. The van der Waals surface area contributed by atoms with Gasteiger partial charge in [0.05, 0.1) is 17.6 Å². The van der Waals surface area contributed by atoms with Gasteiger partial charge < -0.3 is 15.7 Å². The van der Waals surface area contributed by atoms with Crippen molar-refractivity contribution in [3.05, 3.63) is 66.7 Å². The number of para-hydroxylation sites is 1. The maximum absolute atomic E-state index is 12.6. The Kier molecular flexibility index (Phi) is 7.08. The number of hydrogen-bond donors (Lipinski definition) is 3. The Morgan fingerprint density at radius 2 is 1.59 bits per heavy atom. The number of benzene rings is 2. The molecule has 0 fully saturated rings. The third-order valence-corrected chi connectivity index (χ3v) is 5.61. The molecule has 0 radical (unpaired) electrons. The van der Waals surface area contributed by atoms with Gasteiger partial charge in [-0.25, -0.2) is 0 Å². The number of amides is 2. The quantitative estimate of drug-likeness (QED) is 0.473. The highest BCUT2D eigenvalue weighted by Crippen LogP contribution is 2.28. The number of carboxylic acid groups (broad SMARTS) is 1. The molecule has 0 saturated heterocycles. The lowest BCUT2D eigenvalue weighted by molar-refractivity contribution is -0.146. The standard InChI is InChI=1S/C22H22N2O4S/c25-20(23-15-7-2-1-3-8-15)14-29-17-10-6-9-16(13-17)24-21(26)18-11-4-5-12-19(18)22(27)28/h1-10,13,18-19H,11-12,14H2,(H,23,25)(H,24,26)(H,27,28). The predicted molar refractivity (Wildman–Crippen MR) is 114 cm³/mol. The molecule has 3 rings (SSSR count). The lowest BCUT2D eigenvalue weighted by Gasteiger charge is -2.24. The first-order valence-corrected chi connectivity index (χ1v) is 10.3. The first-order chi connectivity index (χ1) is 14.0. The number of anilines is 2. The van der Waals surface area contributed by atoms with Crippen molar-refractivity contribution >= 4 is 40.9 Å². The normalized spacial score (nSPS) is 18.1. The van der Waals surface area contributed by atoms with Gasteiger partial charge in [0.25, 0.3) is 0 Å². The van der Waals surface area contributed by atoms with E-state index in [2.05, 4.69) is 10.6 Å². The lowest BCUT2D eigenvalue weighted by atomic mass is 9.82. The van der Waals surface area contributed by atoms with Gasteiger partial charge in [-0.15, -0.1) is 11.8 Å². The minimum atomic E-state index is -0.955. The summed E-state index contributed by atoms with van der Waals surface area (Å²) in [6, 6.07) is 16.4. The average Bonchev–Trinajstić information content (AvgIpc) is 2.73. The molecule has 2 aromatic rings. The van der Waals surface area contributed by atoms with Crippen LogP contribution in [0.1, 0.15) is 12.8 Å². The number of hydrogen-bond acceptors (Lipinski definition) is 4. The number of rotatable bonds is 7. The summed E-state index contributed by atoms with van der Waals surface area (Å²) in [6.07, 6.45) is 4.43. The Bertz CT molecular complexity index is 914. The van der Waals surface area contributed by atoms with E-state index in [1.54, 1.807) is 24.3 Å². The number of allylic oxidation sites excluding steroid dienone is 2. The van der Waals surface area contributed by atoms with Crippen LogP contribution in [0.4, 0.5) is 11.4 Å². The number of aliphatic carboxylic acids is 1. The van der Waals surface area contributed by atoms with E-state index in [-0.39, 0.29) is 17.6 Å². The fourth-order valence-electron chi connectivity index (χ4n) is 3.14. The predicted octanol–water partition coefficient (Wildman–Crippen LogP) is 4.02. The Balaban J connectivity index is 1.56. The van der Waals surface area contributed by atoms with Gasteiger partial charge in [-0.05, 0) is 43.2 Å². The van der Waals surface area contributed by atoms with Crippen LogP contribution in [0.15, 0.2) is 71.6 Å². The van der Waals surface area contributed by atoms with Crippen molar-refractivity contribution in [2.24, 2.45) is 11.8 Å². The summed E-state index contributed by atoms with van der Waals surface area (Å²) in [7, 11) is 0. The Labute approximate surface area is 173 Å². The van der Waals surface area contributed by atoms with Gasteiger partial charge in [-0.2, -0.15) is 0 Å². The van der Waals surface area contributed by atoms with Gasteiger partial charge >= 0.3 is 5.97 Å². The molecule has 2 atom stereocenters. The van der Waals surface area contributed by atoms with E-state index in [0.717, 1.165) is 10.6 Å². The number of carboxylic acids is 1. The molecule has 0 bridgehead atoms. The second-order valence-electron chi connectivity index (χ2n) is 6.71. The molecule has 0 spiro atoms. The van der Waals surface area contributed by atoms with Gasteiger partial charge in [0.2, 0.25) is 11.8 Å². The number of nitrogens with one attached hydrogen (secondary N) is 2. The molecule has 3 N–H and O–H groups in total. The van der Waals surface area contributed by atoms with Crippen LogP contribution in [0, 0.1) is 11.8 Å². The van der Waals surface area contributed by atoms with Crippen LogP contribution in [0.2, 0.25) is 0 Å². The van der Waals surface area contributed by atoms with Gasteiger partial charge in [0, 0.05) is 16.3 Å². The summed E-state index contributed by atoms with van der Waals surface area (Å²) >= 11 is 1.36. The summed E-state index contributed by atoms with van der Waals surface area (Å²) in [5, 5.41) is 15.0. The molecular formula is C22H22N2O4S. The maximum Gasteiger partial charge on any atom is 0.307 e. The molecule has 2 amide bonds. The second-order valence-corrected chi connectivity index (χ2v) is 7.76. The van der Waals surface area contributed by atoms with Gasteiger partial charge in [0.1, 0.15) is 0 Å². The molecule has 7 heteroatoms. The molecule has 0 heterocycles. The van der Waals surface area contributed by atoms with E-state index in [0.29, 0.717) is 18.5 Å². The molecule has 2 aromatic carbocycles. The first kappa shape index (κ1) is 20.7. The van der Waals surface area contributed by atoms with E-state index in [1.165, 1.54) is 11.8 Å². The Hall–Kier alpha value is -3.06. The molecule has 6 nitrogen and oxygen atoms in total. The number of thioether (sulfide) groups is 1. The molecule has 29 heavy (non-hydrogen) atoms. The van der Waals surface area contributed by atoms with Crippen molar-refractivity contribution < 1.29 is 19.5 Å². The van der Waals surface area contributed by atoms with Crippen molar-refractivity contribution in [1.29, 1.82) is 0 Å². The monoisotopic (exact) mass is 410 g/mol. The van der Waals surface area contributed by atoms with Crippen molar-refractivity contribution in [3.8, 4) is 0 Å². The third kappa shape index (κ3) is 5.96. The molecule has 2 unspecified atom stereocenters. The van der Waals surface area contributed by atoms with Crippen LogP contribution in [0.3, 0.4) is 0 Å². The lowest BCUT2D eigenvalue weighted by Crippen LogP contribution is -2.34. The fourth-order valence-corrected chi connectivity index (χ4v) is 3.90. The van der Waals surface area contributed by atoms with Crippen LogP contribution >= 0.6 is 11.8 Å². The SMILES string of the molecule is O=C(CSc1cccc(NC(=O)C2CC=CCC2C(=O)O)c1)Nc1ccccc1. The minimum absolute atomic E-state index is 0.117. The summed E-state index contributed by atoms with van der Waals surface area (Å²) in [5.74, 6) is -2.44. The maximum atomic E-state index is 12.6. The van der Waals surface area contributed by atoms with Crippen LogP contribution in [0.5, 0.6) is 0 Å². The molecular weight excluding hydrogens is 388 g/mol. The molecule has 150 valence electrons. The van der Waals surface area contributed by atoms with Gasteiger partial charge in [-0.1, -0.05) is 36.4 Å². The summed E-state index contributed by atoms with van der Waals surface area (Å²) in [5.41, 5.74) is 1.33. The van der Waals surface area contributed by atoms with E-state index in [1.807, 2.05) is 42.5 Å². The van der Waals surface area contributed by atoms with Crippen molar-refractivity contribution in [2.75, 3.05) is 16.4 Å². The molecule has 1 aliphatic rings. The van der Waals surface area contributed by atoms with Gasteiger partial charge in [0.15, 0.2) is 0 Å². The molecule has 1 aliphatic carbocycles. The first-order valence-electron chi connectivity index (χ1n) is 9.29. The molecule has 0 aliphatic heterocycles. The largest absolute Gasteiger partial charge is 0.481 e. The van der Waals surface area contributed by atoms with Gasteiger partial charge in [-0.3, -0.25) is 14.4 Å². The second kappa shape index (κ2) is 9.93. The third-order valence-electron chi connectivity index (χ3n) is 4.62. The van der Waals surface area contributed by atoms with E-state index >= 15 is 0 Å². The Morgan fingerprint density at radius 3 is 2.31 bits per heavy atom. The zero-order valence-electron chi connectivity index (χ0n) is 15.7. The van der Waals surface area contributed by atoms with Crippen molar-refractivity contribution in [1.82, 2.24) is 0 Å². The highest BCUT2D eigenvalue weighted by Gasteiger charge is 2.33. The van der Waals surface area contributed by atoms with E-state index in [4.69, 9.17) is 0 Å². The van der Waals surface area contributed by atoms with E-state index < -0.39 is 17.8 Å². The zero-order valence-corrected chi connectivity index (χ0v) is 16.5. The van der Waals surface area contributed by atoms with Crippen molar-refractivity contribution in [2.45, 2.75) is 17.7 Å². The average molecular weight is 410 g/mol. The number of carbonyl (C=O) groups is 3. The number of carbonyl (C=O) groups excluding carboxylic acids is 2. The van der Waals surface area contributed by atoms with Crippen LogP contribution in [-0.4, -0.2) is 28.6 Å². The van der Waals surface area contributed by atoms with E-state index in [9.17, 15) is 19.5 Å². The zero-order chi connectivity index (χ0) is 20.6. The fraction of sp³-hybridized carbons (Fsp3) is 0.227. The van der Waals surface area contributed by atoms with Crippen LogP contribution in [-0.2, 0) is 14.4 Å². The minimum Gasteiger partial charge on any atom is -0.481 e. The Morgan fingerprint density at radius 1 is 0.897 bits per heavy atom. The molecule has 0 saturated carbocycles. The topological polar surface area (TPSA) is 95.5 Å². The smallest absolute Gasteiger partial charge is 0.307 e. The van der Waals surface area contributed by atoms with Crippen molar-refractivity contribution in [3.63, 3.8) is 0 Å².